The topological polar surface area (TPSA) is 30.5 Å². The standard InChI is InChI=1S/C14H22BrNO2S/c1-14(2,19-5)9-16-8-10-6-12(17-3)13(18-4)7-11(10)15/h6-7,16H,8-9H2,1-5H3. The van der Waals surface area contributed by atoms with Crippen LogP contribution in [0.5, 0.6) is 11.5 Å². The van der Waals surface area contributed by atoms with Crippen LogP contribution in [0.4, 0.5) is 0 Å². The first-order valence-electron chi connectivity index (χ1n) is 6.10. The Morgan fingerprint density at radius 1 is 1.21 bits per heavy atom. The lowest BCUT2D eigenvalue weighted by Crippen LogP contribution is -2.31. The second-order valence-electron chi connectivity index (χ2n) is 4.87. The highest BCUT2D eigenvalue weighted by atomic mass is 79.9. The van der Waals surface area contributed by atoms with Crippen molar-refractivity contribution in [3.63, 3.8) is 0 Å². The first kappa shape index (κ1) is 16.7. The van der Waals surface area contributed by atoms with Gasteiger partial charge in [-0.15, -0.1) is 0 Å². The molecule has 1 rings (SSSR count). The second-order valence-corrected chi connectivity index (χ2v) is 7.23. The van der Waals surface area contributed by atoms with Gasteiger partial charge >= 0.3 is 0 Å². The normalized spacial score (nSPS) is 11.5. The Hall–Kier alpha value is -0.390. The number of rotatable bonds is 7. The van der Waals surface area contributed by atoms with Gasteiger partial charge in [0.2, 0.25) is 0 Å². The summed E-state index contributed by atoms with van der Waals surface area (Å²) in [6, 6.07) is 3.94. The van der Waals surface area contributed by atoms with Crippen LogP contribution in [-0.2, 0) is 6.54 Å². The largest absolute Gasteiger partial charge is 0.493 e. The summed E-state index contributed by atoms with van der Waals surface area (Å²) in [6.45, 7) is 6.21. The van der Waals surface area contributed by atoms with E-state index in [1.54, 1.807) is 14.2 Å². The molecule has 108 valence electrons. The van der Waals surface area contributed by atoms with Crippen molar-refractivity contribution in [3.8, 4) is 11.5 Å². The Labute approximate surface area is 128 Å². The van der Waals surface area contributed by atoms with Gasteiger partial charge in [0.25, 0.3) is 0 Å². The zero-order chi connectivity index (χ0) is 14.5. The van der Waals surface area contributed by atoms with E-state index < -0.39 is 0 Å². The fraction of sp³-hybridized carbons (Fsp3) is 0.571. The minimum absolute atomic E-state index is 0.239. The monoisotopic (exact) mass is 347 g/mol. The molecule has 1 aromatic rings. The van der Waals surface area contributed by atoms with Crippen LogP contribution in [0, 0.1) is 0 Å². The van der Waals surface area contributed by atoms with Crippen LogP contribution >= 0.6 is 27.7 Å². The Balaban J connectivity index is 2.73. The van der Waals surface area contributed by atoms with Crippen molar-refractivity contribution in [2.24, 2.45) is 0 Å². The van der Waals surface area contributed by atoms with Gasteiger partial charge in [-0.25, -0.2) is 0 Å². The lowest BCUT2D eigenvalue weighted by Gasteiger charge is -2.22. The van der Waals surface area contributed by atoms with Crippen LogP contribution in [-0.4, -0.2) is 31.8 Å². The van der Waals surface area contributed by atoms with E-state index in [-0.39, 0.29) is 4.75 Å². The van der Waals surface area contributed by atoms with Crippen molar-refractivity contribution in [2.75, 3.05) is 27.0 Å². The first-order chi connectivity index (χ1) is 8.93. The average molecular weight is 348 g/mol. The van der Waals surface area contributed by atoms with Gasteiger partial charge in [0, 0.05) is 22.3 Å². The van der Waals surface area contributed by atoms with E-state index in [1.807, 2.05) is 23.9 Å². The van der Waals surface area contributed by atoms with Gasteiger partial charge in [0.15, 0.2) is 11.5 Å². The molecule has 0 aliphatic carbocycles. The smallest absolute Gasteiger partial charge is 0.161 e. The molecule has 0 radical (unpaired) electrons. The number of hydrogen-bond acceptors (Lipinski definition) is 4. The molecule has 0 aromatic heterocycles. The van der Waals surface area contributed by atoms with E-state index >= 15 is 0 Å². The summed E-state index contributed by atoms with van der Waals surface area (Å²) in [5.74, 6) is 1.49. The number of methoxy groups -OCH3 is 2. The quantitative estimate of drug-likeness (QED) is 0.814. The lowest BCUT2D eigenvalue weighted by atomic mass is 10.1. The van der Waals surface area contributed by atoms with Gasteiger partial charge in [-0.3, -0.25) is 0 Å². The molecule has 0 bridgehead atoms. The molecule has 3 nitrogen and oxygen atoms in total. The highest BCUT2D eigenvalue weighted by Gasteiger charge is 2.15. The van der Waals surface area contributed by atoms with Crippen molar-refractivity contribution in [3.05, 3.63) is 22.2 Å². The van der Waals surface area contributed by atoms with Crippen LogP contribution in [0.25, 0.3) is 0 Å². The van der Waals surface area contributed by atoms with Gasteiger partial charge in [-0.1, -0.05) is 15.9 Å². The molecule has 0 spiro atoms. The maximum absolute atomic E-state index is 5.32. The fourth-order valence-electron chi connectivity index (χ4n) is 1.60. The molecule has 0 aliphatic rings. The molecule has 1 aromatic carbocycles. The highest BCUT2D eigenvalue weighted by molar-refractivity contribution is 9.10. The van der Waals surface area contributed by atoms with Crippen molar-refractivity contribution in [1.82, 2.24) is 5.32 Å². The Bertz CT molecular complexity index is 424. The molecule has 0 saturated heterocycles. The molecule has 19 heavy (non-hydrogen) atoms. The van der Waals surface area contributed by atoms with Crippen molar-refractivity contribution in [2.45, 2.75) is 25.1 Å². The van der Waals surface area contributed by atoms with Gasteiger partial charge in [0.05, 0.1) is 14.2 Å². The average Bonchev–Trinajstić information content (AvgIpc) is 2.40. The zero-order valence-electron chi connectivity index (χ0n) is 12.2. The molecular formula is C14H22BrNO2S. The summed E-state index contributed by atoms with van der Waals surface area (Å²) in [6.07, 6.45) is 2.13. The van der Waals surface area contributed by atoms with Gasteiger partial charge < -0.3 is 14.8 Å². The van der Waals surface area contributed by atoms with Crippen LogP contribution in [0.3, 0.4) is 0 Å². The number of nitrogens with one attached hydrogen (secondary N) is 1. The van der Waals surface area contributed by atoms with Gasteiger partial charge in [-0.2, -0.15) is 11.8 Å². The molecule has 0 atom stereocenters. The van der Waals surface area contributed by atoms with Gasteiger partial charge in [0.1, 0.15) is 0 Å². The molecule has 1 N–H and O–H groups in total. The summed E-state index contributed by atoms with van der Waals surface area (Å²) in [5, 5.41) is 3.48. The summed E-state index contributed by atoms with van der Waals surface area (Å²) in [4.78, 5) is 0. The van der Waals surface area contributed by atoms with Crippen LogP contribution in [0.15, 0.2) is 16.6 Å². The Morgan fingerprint density at radius 3 is 2.32 bits per heavy atom. The fourth-order valence-corrected chi connectivity index (χ4v) is 2.31. The van der Waals surface area contributed by atoms with E-state index in [2.05, 4.69) is 41.3 Å². The van der Waals surface area contributed by atoms with Crippen LogP contribution in [0.2, 0.25) is 0 Å². The molecule has 5 heteroatoms. The summed E-state index contributed by atoms with van der Waals surface area (Å²) >= 11 is 5.43. The zero-order valence-corrected chi connectivity index (χ0v) is 14.6. The van der Waals surface area contributed by atoms with Crippen LogP contribution < -0.4 is 14.8 Å². The number of thioether (sulfide) groups is 1. The summed E-state index contributed by atoms with van der Waals surface area (Å²) in [5.41, 5.74) is 1.16. The second kappa shape index (κ2) is 7.41. The molecule has 0 heterocycles. The van der Waals surface area contributed by atoms with E-state index in [0.29, 0.717) is 0 Å². The molecule has 0 aliphatic heterocycles. The SMILES string of the molecule is COc1cc(Br)c(CNCC(C)(C)SC)cc1OC. The highest BCUT2D eigenvalue weighted by Crippen LogP contribution is 2.33. The van der Waals surface area contributed by atoms with E-state index in [9.17, 15) is 0 Å². The maximum Gasteiger partial charge on any atom is 0.161 e. The van der Waals surface area contributed by atoms with Crippen molar-refractivity contribution < 1.29 is 9.47 Å². The minimum atomic E-state index is 0.239. The summed E-state index contributed by atoms with van der Waals surface area (Å²) in [7, 11) is 3.29. The lowest BCUT2D eigenvalue weighted by molar-refractivity contribution is 0.354. The molecule has 0 saturated carbocycles. The van der Waals surface area contributed by atoms with Crippen molar-refractivity contribution in [1.29, 1.82) is 0 Å². The predicted molar refractivity (Wildman–Crippen MR) is 86.5 cm³/mol. The predicted octanol–water partition coefficient (Wildman–Crippen LogP) is 3.70. The van der Waals surface area contributed by atoms with Gasteiger partial charge in [-0.05, 0) is 37.8 Å². The number of hydrogen-bond donors (Lipinski definition) is 1. The number of benzene rings is 1. The van der Waals surface area contributed by atoms with E-state index in [0.717, 1.165) is 34.6 Å². The maximum atomic E-state index is 5.32. The first-order valence-corrected chi connectivity index (χ1v) is 8.11. The Kier molecular flexibility index (Phi) is 6.50. The number of ether oxygens (including phenoxy) is 2. The van der Waals surface area contributed by atoms with E-state index in [4.69, 9.17) is 9.47 Å². The summed E-state index contributed by atoms with van der Waals surface area (Å²) < 4.78 is 11.9. The third-order valence-electron chi connectivity index (χ3n) is 2.97. The molecule has 0 fully saturated rings. The third-order valence-corrected chi connectivity index (χ3v) is 4.96. The van der Waals surface area contributed by atoms with E-state index in [1.165, 1.54) is 0 Å². The van der Waals surface area contributed by atoms with Crippen LogP contribution in [0.1, 0.15) is 19.4 Å². The Morgan fingerprint density at radius 2 is 1.79 bits per heavy atom. The third kappa shape index (κ3) is 4.89. The number of halogens is 1. The molecule has 0 unspecified atom stereocenters. The molecular weight excluding hydrogens is 326 g/mol. The van der Waals surface area contributed by atoms with Crippen molar-refractivity contribution >= 4 is 27.7 Å². The minimum Gasteiger partial charge on any atom is -0.493 e. The molecule has 0 amide bonds.